The fraction of sp³-hybridized carbons (Fsp3) is 0. The SMILES string of the molecule is c1ccc2c3c(oc2c1)O3. The molecule has 0 unspecified atom stereocenters. The number of para-hydroxylation sites is 1. The predicted octanol–water partition coefficient (Wildman–Crippen LogP) is 2.54. The Hall–Kier alpha value is -1.44. The fourth-order valence-corrected chi connectivity index (χ4v) is 1.14. The Morgan fingerprint density at radius 2 is 2.00 bits per heavy atom. The Bertz CT molecular complexity index is 401. The zero-order valence-corrected chi connectivity index (χ0v) is 5.13. The van der Waals surface area contributed by atoms with Crippen molar-refractivity contribution in [2.24, 2.45) is 0 Å². The van der Waals surface area contributed by atoms with Crippen molar-refractivity contribution in [1.82, 2.24) is 0 Å². The molecular weight excluding hydrogens is 128 g/mol. The molecule has 1 aliphatic rings. The molecule has 1 aromatic heterocycles. The zero-order chi connectivity index (χ0) is 6.55. The highest BCUT2D eigenvalue weighted by Gasteiger charge is 2.29. The monoisotopic (exact) mass is 132 g/mol. The molecule has 2 heteroatoms. The molecule has 2 heterocycles. The van der Waals surface area contributed by atoms with E-state index in [1.165, 1.54) is 0 Å². The van der Waals surface area contributed by atoms with Gasteiger partial charge in [0.2, 0.25) is 5.75 Å². The topological polar surface area (TPSA) is 25.7 Å². The summed E-state index contributed by atoms with van der Waals surface area (Å²) in [6, 6.07) is 7.85. The van der Waals surface area contributed by atoms with Crippen LogP contribution in [0.25, 0.3) is 11.0 Å². The number of ether oxygens (including phenoxy) is 1. The van der Waals surface area contributed by atoms with Gasteiger partial charge in [-0.1, -0.05) is 12.1 Å². The van der Waals surface area contributed by atoms with Crippen LogP contribution in [-0.4, -0.2) is 0 Å². The lowest BCUT2D eigenvalue weighted by molar-refractivity contribution is 0.483. The highest BCUT2D eigenvalue weighted by molar-refractivity contribution is 5.90. The lowest BCUT2D eigenvalue weighted by Gasteiger charge is -1.85. The third kappa shape index (κ3) is 0.365. The minimum atomic E-state index is 0.682. The van der Waals surface area contributed by atoms with E-state index in [1.54, 1.807) is 0 Å². The van der Waals surface area contributed by atoms with Crippen molar-refractivity contribution in [3.8, 4) is 11.7 Å². The van der Waals surface area contributed by atoms with E-state index in [2.05, 4.69) is 0 Å². The minimum absolute atomic E-state index is 0.682. The molecule has 2 nitrogen and oxygen atoms in total. The molecule has 0 amide bonds. The molecule has 0 radical (unpaired) electrons. The molecule has 0 spiro atoms. The van der Waals surface area contributed by atoms with E-state index in [4.69, 9.17) is 9.15 Å². The molecule has 0 atom stereocenters. The Kier molecular flexibility index (Phi) is 0.520. The van der Waals surface area contributed by atoms with Gasteiger partial charge < -0.3 is 9.15 Å². The van der Waals surface area contributed by atoms with Crippen LogP contribution in [0.2, 0.25) is 0 Å². The Labute approximate surface area is 57.0 Å². The van der Waals surface area contributed by atoms with Crippen LogP contribution in [0.15, 0.2) is 28.7 Å². The first-order valence-corrected chi connectivity index (χ1v) is 3.14. The molecule has 48 valence electrons. The molecule has 10 heavy (non-hydrogen) atoms. The van der Waals surface area contributed by atoms with E-state index in [0.717, 1.165) is 16.7 Å². The number of furan rings is 1. The summed E-state index contributed by atoms with van der Waals surface area (Å²) in [5.41, 5.74) is 0.916. The molecule has 2 aromatic rings. The van der Waals surface area contributed by atoms with E-state index in [9.17, 15) is 0 Å². The molecule has 0 saturated carbocycles. The van der Waals surface area contributed by atoms with Crippen LogP contribution < -0.4 is 4.74 Å². The van der Waals surface area contributed by atoms with Crippen LogP contribution in [0.1, 0.15) is 0 Å². The summed E-state index contributed by atoms with van der Waals surface area (Å²) in [4.78, 5) is 0. The second-order valence-electron chi connectivity index (χ2n) is 2.32. The maximum atomic E-state index is 5.24. The number of fused-ring (bicyclic) bond motifs is 3. The van der Waals surface area contributed by atoms with Crippen LogP contribution in [0, 0.1) is 0 Å². The van der Waals surface area contributed by atoms with Crippen molar-refractivity contribution in [2.45, 2.75) is 0 Å². The Morgan fingerprint density at radius 3 is 2.90 bits per heavy atom. The van der Waals surface area contributed by atoms with E-state index in [0.29, 0.717) is 5.95 Å². The first-order valence-electron chi connectivity index (χ1n) is 3.14. The largest absolute Gasteiger partial charge is 0.422 e. The van der Waals surface area contributed by atoms with Crippen molar-refractivity contribution in [3.05, 3.63) is 24.3 Å². The molecular formula is C8H4O2. The lowest BCUT2D eigenvalue weighted by Crippen LogP contribution is -1.63. The zero-order valence-electron chi connectivity index (χ0n) is 5.13. The van der Waals surface area contributed by atoms with Crippen molar-refractivity contribution in [1.29, 1.82) is 0 Å². The summed E-state index contributed by atoms with van der Waals surface area (Å²) < 4.78 is 10.2. The molecule has 3 rings (SSSR count). The Balaban J connectivity index is 2.60. The summed E-state index contributed by atoms with van der Waals surface area (Å²) in [7, 11) is 0. The first-order chi connectivity index (χ1) is 4.95. The summed E-state index contributed by atoms with van der Waals surface area (Å²) >= 11 is 0. The maximum absolute atomic E-state index is 5.24. The van der Waals surface area contributed by atoms with Gasteiger partial charge in [0.25, 0.3) is 0 Å². The maximum Gasteiger partial charge on any atom is 0.336 e. The predicted molar refractivity (Wildman–Crippen MR) is 36.3 cm³/mol. The third-order valence-corrected chi connectivity index (χ3v) is 1.67. The van der Waals surface area contributed by atoms with Gasteiger partial charge in [0.05, 0.1) is 5.39 Å². The van der Waals surface area contributed by atoms with E-state index >= 15 is 0 Å². The van der Waals surface area contributed by atoms with Crippen LogP contribution in [0.5, 0.6) is 11.7 Å². The lowest BCUT2D eigenvalue weighted by atomic mass is 10.3. The van der Waals surface area contributed by atoms with Crippen molar-refractivity contribution in [3.63, 3.8) is 0 Å². The number of rotatable bonds is 0. The van der Waals surface area contributed by atoms with Crippen molar-refractivity contribution >= 4 is 11.0 Å². The summed E-state index contributed by atoms with van der Waals surface area (Å²) in [6.45, 7) is 0. The molecule has 0 bridgehead atoms. The quantitative estimate of drug-likeness (QED) is 0.439. The molecule has 0 fully saturated rings. The Morgan fingerprint density at radius 1 is 1.10 bits per heavy atom. The van der Waals surface area contributed by atoms with Gasteiger partial charge in [-0.3, -0.25) is 0 Å². The summed E-state index contributed by atoms with van der Waals surface area (Å²) in [6.07, 6.45) is 0. The second-order valence-corrected chi connectivity index (χ2v) is 2.32. The highest BCUT2D eigenvalue weighted by atomic mass is 16.7. The van der Waals surface area contributed by atoms with Gasteiger partial charge in [-0.2, -0.15) is 0 Å². The van der Waals surface area contributed by atoms with Crippen LogP contribution in [-0.2, 0) is 0 Å². The number of hydrogen-bond donors (Lipinski definition) is 0. The van der Waals surface area contributed by atoms with Crippen molar-refractivity contribution in [2.75, 3.05) is 0 Å². The van der Waals surface area contributed by atoms with Gasteiger partial charge in [-0.05, 0) is 12.1 Å². The smallest absolute Gasteiger partial charge is 0.336 e. The van der Waals surface area contributed by atoms with Gasteiger partial charge in [0.15, 0.2) is 0 Å². The summed E-state index contributed by atoms with van der Waals surface area (Å²) in [5, 5.41) is 1.08. The second kappa shape index (κ2) is 1.19. The summed E-state index contributed by atoms with van der Waals surface area (Å²) in [5.74, 6) is 1.59. The molecule has 1 aromatic carbocycles. The van der Waals surface area contributed by atoms with E-state index < -0.39 is 0 Å². The van der Waals surface area contributed by atoms with Gasteiger partial charge in [0, 0.05) is 0 Å². The molecule has 1 aliphatic heterocycles. The minimum Gasteiger partial charge on any atom is -0.422 e. The van der Waals surface area contributed by atoms with E-state index in [1.807, 2.05) is 24.3 Å². The number of hydrogen-bond acceptors (Lipinski definition) is 2. The van der Waals surface area contributed by atoms with Gasteiger partial charge >= 0.3 is 5.95 Å². The molecule has 0 N–H and O–H groups in total. The van der Waals surface area contributed by atoms with E-state index in [-0.39, 0.29) is 0 Å². The average Bonchev–Trinajstić information content (AvgIpc) is 2.64. The number of benzene rings is 1. The van der Waals surface area contributed by atoms with Crippen LogP contribution in [0.3, 0.4) is 0 Å². The van der Waals surface area contributed by atoms with Gasteiger partial charge in [0.1, 0.15) is 5.58 Å². The van der Waals surface area contributed by atoms with Crippen LogP contribution >= 0.6 is 0 Å². The van der Waals surface area contributed by atoms with Gasteiger partial charge in [-0.25, -0.2) is 0 Å². The van der Waals surface area contributed by atoms with Crippen molar-refractivity contribution < 1.29 is 9.15 Å². The normalized spacial score (nSPS) is 12.8. The third-order valence-electron chi connectivity index (χ3n) is 1.67. The first kappa shape index (κ1) is 4.39. The van der Waals surface area contributed by atoms with Crippen LogP contribution in [0.4, 0.5) is 0 Å². The molecule has 0 saturated heterocycles. The average molecular weight is 132 g/mol. The van der Waals surface area contributed by atoms with Gasteiger partial charge in [-0.15, -0.1) is 0 Å². The highest BCUT2D eigenvalue weighted by Crippen LogP contribution is 2.53. The standard InChI is InChI=1S/C8H4O2/c1-2-4-6-5(3-1)7-8(9-6)10-7/h1-4H. The fourth-order valence-electron chi connectivity index (χ4n) is 1.14. The molecule has 0 aliphatic carbocycles.